The molecule has 0 radical (unpaired) electrons. The molecule has 0 bridgehead atoms. The number of alkyl halides is 2. The zero-order chi connectivity index (χ0) is 15.1. The van der Waals surface area contributed by atoms with E-state index in [1.54, 1.807) is 0 Å². The van der Waals surface area contributed by atoms with Gasteiger partial charge in [0.05, 0.1) is 0 Å². The molecule has 21 heavy (non-hydrogen) atoms. The third kappa shape index (κ3) is 3.07. The highest BCUT2D eigenvalue weighted by atomic mass is 19.3. The Morgan fingerprint density at radius 3 is 2.48 bits per heavy atom. The van der Waals surface area contributed by atoms with Gasteiger partial charge < -0.3 is 5.32 Å². The Hall–Kier alpha value is -1.51. The van der Waals surface area contributed by atoms with Crippen LogP contribution in [0.15, 0.2) is 10.2 Å². The second-order valence-corrected chi connectivity index (χ2v) is 6.77. The molecular weight excluding hydrogens is 276 g/mol. The molecule has 2 aliphatic carbocycles. The van der Waals surface area contributed by atoms with Crippen LogP contribution in [0.3, 0.4) is 0 Å². The number of amides is 1. The normalized spacial score (nSPS) is 26.5. The Morgan fingerprint density at radius 1 is 1.29 bits per heavy atom. The summed E-state index contributed by atoms with van der Waals surface area (Å²) in [7, 11) is 0. The maximum atomic E-state index is 12.9. The molecule has 0 atom stereocenters. The summed E-state index contributed by atoms with van der Waals surface area (Å²) in [6.45, 7) is 0. The third-order valence-corrected chi connectivity index (χ3v) is 4.80. The Kier molecular flexibility index (Phi) is 3.27. The summed E-state index contributed by atoms with van der Waals surface area (Å²) < 4.78 is 25.8. The van der Waals surface area contributed by atoms with Crippen molar-refractivity contribution in [1.29, 1.82) is 0 Å². The van der Waals surface area contributed by atoms with E-state index < -0.39 is 11.6 Å². The number of hydrogen-bond acceptors (Lipinski definition) is 3. The molecule has 0 aromatic rings. The van der Waals surface area contributed by atoms with Gasteiger partial charge in [0.1, 0.15) is 0 Å². The fourth-order valence-corrected chi connectivity index (χ4v) is 3.70. The fourth-order valence-electron chi connectivity index (χ4n) is 3.70. The van der Waals surface area contributed by atoms with Crippen LogP contribution in [0, 0.1) is 17.8 Å². The van der Waals surface area contributed by atoms with E-state index in [1.165, 1.54) is 0 Å². The minimum atomic E-state index is -2.48. The second-order valence-electron chi connectivity index (χ2n) is 6.77. The van der Waals surface area contributed by atoms with Crippen LogP contribution in [-0.2, 0) is 4.79 Å². The van der Waals surface area contributed by atoms with E-state index in [9.17, 15) is 13.6 Å². The molecule has 6 heteroatoms. The quantitative estimate of drug-likeness (QED) is 0.752. The first-order chi connectivity index (χ1) is 9.86. The summed E-state index contributed by atoms with van der Waals surface area (Å²) in [5.41, 5.74) is -0.628. The first-order valence-corrected chi connectivity index (χ1v) is 7.41. The number of terminal acetylenes is 1. The lowest BCUT2D eigenvalue weighted by molar-refractivity contribution is -0.198. The zero-order valence-electron chi connectivity index (χ0n) is 11.9. The Balaban J connectivity index is 1.33. The monoisotopic (exact) mass is 295 g/mol. The smallest absolute Gasteiger partial charge is 0.249 e. The van der Waals surface area contributed by atoms with Gasteiger partial charge in [0.25, 0.3) is 0 Å². The standard InChI is InChI=1S/C15H19F2N3O/c1-2-3-5-15(19-20-15)6-4-12(21)18-11-7-13(8-11)9-14(16,17)10-13/h1,11H,3-10H2,(H,18,21). The molecule has 0 aromatic heterocycles. The maximum absolute atomic E-state index is 12.9. The molecule has 2 fully saturated rings. The second kappa shape index (κ2) is 4.75. The van der Waals surface area contributed by atoms with Gasteiger partial charge in [-0.2, -0.15) is 10.2 Å². The van der Waals surface area contributed by atoms with E-state index in [0.717, 1.165) is 0 Å². The number of hydrogen-bond donors (Lipinski definition) is 1. The summed E-state index contributed by atoms with van der Waals surface area (Å²) in [5.74, 6) is 0.0266. The first kappa shape index (κ1) is 14.4. The summed E-state index contributed by atoms with van der Waals surface area (Å²) in [5, 5.41) is 10.9. The van der Waals surface area contributed by atoms with Crippen molar-refractivity contribution in [2.24, 2.45) is 15.6 Å². The van der Waals surface area contributed by atoms with Crippen LogP contribution in [0.25, 0.3) is 0 Å². The van der Waals surface area contributed by atoms with Crippen LogP contribution < -0.4 is 5.32 Å². The molecule has 2 saturated carbocycles. The highest BCUT2D eigenvalue weighted by molar-refractivity contribution is 5.76. The summed E-state index contributed by atoms with van der Waals surface area (Å²) in [6, 6.07) is 0.0586. The number of carbonyl (C=O) groups is 1. The summed E-state index contributed by atoms with van der Waals surface area (Å²) in [6.07, 6.45) is 8.79. The van der Waals surface area contributed by atoms with Gasteiger partial charge in [-0.1, -0.05) is 0 Å². The predicted octanol–water partition coefficient (Wildman–Crippen LogP) is 3.04. The van der Waals surface area contributed by atoms with Gasteiger partial charge in [-0.25, -0.2) is 8.78 Å². The lowest BCUT2D eigenvalue weighted by Crippen LogP contribution is -2.59. The van der Waals surface area contributed by atoms with Crippen molar-refractivity contribution < 1.29 is 13.6 Å². The molecule has 0 unspecified atom stereocenters. The van der Waals surface area contributed by atoms with Gasteiger partial charge in [0.15, 0.2) is 5.66 Å². The van der Waals surface area contributed by atoms with Crippen LogP contribution in [-0.4, -0.2) is 23.5 Å². The van der Waals surface area contributed by atoms with Crippen LogP contribution >= 0.6 is 0 Å². The van der Waals surface area contributed by atoms with Gasteiger partial charge in [0.2, 0.25) is 11.8 Å². The van der Waals surface area contributed by atoms with E-state index in [2.05, 4.69) is 21.5 Å². The van der Waals surface area contributed by atoms with E-state index in [4.69, 9.17) is 6.42 Å². The van der Waals surface area contributed by atoms with E-state index in [-0.39, 0.29) is 30.2 Å². The summed E-state index contributed by atoms with van der Waals surface area (Å²) >= 11 is 0. The lowest BCUT2D eigenvalue weighted by Gasteiger charge is -2.57. The highest BCUT2D eigenvalue weighted by Crippen LogP contribution is 2.62. The molecule has 3 rings (SSSR count). The van der Waals surface area contributed by atoms with Crippen molar-refractivity contribution in [1.82, 2.24) is 5.32 Å². The minimum absolute atomic E-state index is 0.0146. The first-order valence-electron chi connectivity index (χ1n) is 7.41. The Morgan fingerprint density at radius 2 is 1.95 bits per heavy atom. The van der Waals surface area contributed by atoms with Crippen molar-refractivity contribution in [2.75, 3.05) is 0 Å². The van der Waals surface area contributed by atoms with E-state index in [0.29, 0.717) is 38.5 Å². The Bertz CT molecular complexity index is 502. The van der Waals surface area contributed by atoms with Gasteiger partial charge in [-0.15, -0.1) is 12.3 Å². The molecule has 1 spiro atoms. The van der Waals surface area contributed by atoms with Gasteiger partial charge in [0, 0.05) is 44.6 Å². The van der Waals surface area contributed by atoms with E-state index >= 15 is 0 Å². The van der Waals surface area contributed by atoms with E-state index in [1.807, 2.05) is 0 Å². The van der Waals surface area contributed by atoms with Crippen molar-refractivity contribution in [3.05, 3.63) is 0 Å². The molecule has 1 N–H and O–H groups in total. The minimum Gasteiger partial charge on any atom is -0.353 e. The molecule has 0 saturated heterocycles. The van der Waals surface area contributed by atoms with Crippen molar-refractivity contribution in [3.63, 3.8) is 0 Å². The SMILES string of the molecule is C#CCCC1(CCC(=O)NC2CC3(C2)CC(F)(F)C3)N=N1. The molecule has 3 aliphatic rings. The van der Waals surface area contributed by atoms with Gasteiger partial charge in [-0.3, -0.25) is 4.79 Å². The number of nitrogens with zero attached hydrogens (tertiary/aromatic N) is 2. The van der Waals surface area contributed by atoms with Crippen molar-refractivity contribution in [2.45, 2.75) is 69.0 Å². The third-order valence-electron chi connectivity index (χ3n) is 4.80. The molecule has 4 nitrogen and oxygen atoms in total. The number of rotatable bonds is 6. The number of carbonyl (C=O) groups excluding carboxylic acids is 1. The predicted molar refractivity (Wildman–Crippen MR) is 72.7 cm³/mol. The average Bonchev–Trinajstić information content (AvgIpc) is 3.10. The fraction of sp³-hybridized carbons (Fsp3) is 0.800. The topological polar surface area (TPSA) is 53.8 Å². The van der Waals surface area contributed by atoms with Crippen molar-refractivity contribution in [3.8, 4) is 12.3 Å². The van der Waals surface area contributed by atoms with Crippen LogP contribution in [0.4, 0.5) is 8.78 Å². The molecular formula is C15H19F2N3O. The van der Waals surface area contributed by atoms with Crippen LogP contribution in [0.1, 0.15) is 51.4 Å². The Labute approximate surface area is 122 Å². The highest BCUT2D eigenvalue weighted by Gasteiger charge is 2.61. The largest absolute Gasteiger partial charge is 0.353 e. The van der Waals surface area contributed by atoms with Crippen molar-refractivity contribution >= 4 is 5.91 Å². The number of nitrogens with one attached hydrogen (secondary N) is 1. The lowest BCUT2D eigenvalue weighted by atomic mass is 9.52. The zero-order valence-corrected chi connectivity index (χ0v) is 11.9. The van der Waals surface area contributed by atoms with Gasteiger partial charge in [-0.05, 0) is 18.3 Å². The van der Waals surface area contributed by atoms with Crippen LogP contribution in [0.2, 0.25) is 0 Å². The summed E-state index contributed by atoms with van der Waals surface area (Å²) in [4.78, 5) is 11.9. The van der Waals surface area contributed by atoms with Crippen LogP contribution in [0.5, 0.6) is 0 Å². The van der Waals surface area contributed by atoms with Gasteiger partial charge >= 0.3 is 0 Å². The number of halogens is 2. The molecule has 1 amide bonds. The maximum Gasteiger partial charge on any atom is 0.249 e. The molecule has 114 valence electrons. The molecule has 0 aromatic carbocycles. The molecule has 1 heterocycles. The average molecular weight is 295 g/mol. The molecule has 1 aliphatic heterocycles.